The van der Waals surface area contributed by atoms with Gasteiger partial charge in [-0.3, -0.25) is 29.9 Å². The van der Waals surface area contributed by atoms with Crippen molar-refractivity contribution in [1.82, 2.24) is 4.90 Å². The van der Waals surface area contributed by atoms with Crippen LogP contribution in [-0.2, 0) is 4.79 Å². The number of hydrogen-bond donors (Lipinski definition) is 2. The first-order valence-electron chi connectivity index (χ1n) is 9.32. The molecule has 0 spiro atoms. The number of carbonyl (C=O) groups is 1. The van der Waals surface area contributed by atoms with E-state index in [1.165, 1.54) is 48.6 Å². The highest BCUT2D eigenvalue weighted by Crippen LogP contribution is 2.30. The highest BCUT2D eigenvalue weighted by Gasteiger charge is 2.26. The normalized spacial score (nSPS) is 17.3. The predicted octanol–water partition coefficient (Wildman–Crippen LogP) is 3.29. The van der Waals surface area contributed by atoms with Gasteiger partial charge in [0.1, 0.15) is 0 Å². The van der Waals surface area contributed by atoms with E-state index >= 15 is 0 Å². The Balaban J connectivity index is 2.00. The van der Waals surface area contributed by atoms with E-state index in [0.29, 0.717) is 41.9 Å². The number of rotatable bonds is 5. The summed E-state index contributed by atoms with van der Waals surface area (Å²) in [5.41, 5.74) is 0.658. The van der Waals surface area contributed by atoms with Gasteiger partial charge in [-0.25, -0.2) is 0 Å². The molecule has 10 heteroatoms. The molecule has 0 unspecified atom stereocenters. The van der Waals surface area contributed by atoms with E-state index in [4.69, 9.17) is 0 Å². The first kappa shape index (κ1) is 21.7. The average molecular weight is 425 g/mol. The third-order valence-corrected chi connectivity index (χ3v) is 4.89. The number of hydrogen-bond acceptors (Lipinski definition) is 8. The number of piperidine rings is 1. The molecule has 0 saturated carbocycles. The number of phenolic OH excluding ortho intramolecular Hbond substituents is 2. The number of nitro groups is 2. The molecule has 31 heavy (non-hydrogen) atoms. The number of nitrogens with zero attached hydrogens (tertiary/aromatic N) is 3. The lowest BCUT2D eigenvalue weighted by atomic mass is 9.94. The van der Waals surface area contributed by atoms with Crippen LogP contribution in [0.2, 0.25) is 0 Å². The van der Waals surface area contributed by atoms with Crippen molar-refractivity contribution in [1.29, 1.82) is 0 Å². The molecule has 0 radical (unpaired) electrons. The quantitative estimate of drug-likeness (QED) is 0.421. The predicted molar refractivity (Wildman–Crippen MR) is 113 cm³/mol. The average Bonchev–Trinajstić information content (AvgIpc) is 2.73. The molecule has 0 aromatic heterocycles. The lowest BCUT2D eigenvalue weighted by molar-refractivity contribution is -0.386. The number of carbonyl (C=O) groups excluding carboxylic acids is 1. The summed E-state index contributed by atoms with van der Waals surface area (Å²) < 4.78 is 0. The van der Waals surface area contributed by atoms with Crippen LogP contribution in [0.25, 0.3) is 12.2 Å². The topological polar surface area (TPSA) is 147 Å². The van der Waals surface area contributed by atoms with Crippen molar-refractivity contribution in [3.8, 4) is 11.5 Å². The minimum absolute atomic E-state index is 0.281. The lowest BCUT2D eigenvalue weighted by Gasteiger charge is -2.28. The van der Waals surface area contributed by atoms with Gasteiger partial charge in [0, 0.05) is 36.4 Å². The Morgan fingerprint density at radius 3 is 1.68 bits per heavy atom. The van der Waals surface area contributed by atoms with Gasteiger partial charge in [0.05, 0.1) is 9.85 Å². The molecule has 0 atom stereocenters. The van der Waals surface area contributed by atoms with Crippen LogP contribution >= 0.6 is 0 Å². The van der Waals surface area contributed by atoms with E-state index in [9.17, 15) is 35.2 Å². The van der Waals surface area contributed by atoms with Crippen LogP contribution in [-0.4, -0.2) is 50.4 Å². The molecule has 1 aliphatic rings. The van der Waals surface area contributed by atoms with E-state index in [2.05, 4.69) is 0 Å². The number of phenols is 2. The minimum Gasteiger partial charge on any atom is -0.502 e. The second-order valence-corrected chi connectivity index (χ2v) is 6.98. The molecule has 0 aliphatic carbocycles. The zero-order valence-electron chi connectivity index (χ0n) is 16.5. The van der Waals surface area contributed by atoms with Crippen molar-refractivity contribution >= 4 is 29.3 Å². The maximum atomic E-state index is 13.0. The molecule has 1 heterocycles. The van der Waals surface area contributed by atoms with Gasteiger partial charge in [0.15, 0.2) is 17.3 Å². The third kappa shape index (κ3) is 4.75. The largest absolute Gasteiger partial charge is 0.502 e. The molecule has 2 aromatic rings. The Labute approximate surface area is 176 Å². The highest BCUT2D eigenvalue weighted by molar-refractivity contribution is 6.14. The summed E-state index contributed by atoms with van der Waals surface area (Å²) in [5.74, 6) is -1.21. The number of ketones is 1. The van der Waals surface area contributed by atoms with Crippen molar-refractivity contribution in [3.63, 3.8) is 0 Å². The maximum Gasteiger partial charge on any atom is 0.311 e. The van der Waals surface area contributed by atoms with Gasteiger partial charge in [-0.15, -0.1) is 0 Å². The summed E-state index contributed by atoms with van der Waals surface area (Å²) in [6.07, 6.45) is 3.06. The summed E-state index contributed by atoms with van der Waals surface area (Å²) >= 11 is 0. The third-order valence-electron chi connectivity index (χ3n) is 4.89. The van der Waals surface area contributed by atoms with Crippen molar-refractivity contribution < 1.29 is 24.9 Å². The highest BCUT2D eigenvalue weighted by atomic mass is 16.6. The van der Waals surface area contributed by atoms with Gasteiger partial charge in [0.2, 0.25) is 0 Å². The zero-order chi connectivity index (χ0) is 22.7. The Bertz CT molecular complexity index is 1050. The van der Waals surface area contributed by atoms with Crippen LogP contribution < -0.4 is 0 Å². The van der Waals surface area contributed by atoms with Gasteiger partial charge >= 0.3 is 11.4 Å². The smallest absolute Gasteiger partial charge is 0.311 e. The molecule has 0 amide bonds. The molecule has 0 bridgehead atoms. The molecule has 10 nitrogen and oxygen atoms in total. The molecule has 1 saturated heterocycles. The van der Waals surface area contributed by atoms with Gasteiger partial charge in [-0.05, 0) is 42.0 Å². The molecular weight excluding hydrogens is 406 g/mol. The summed E-state index contributed by atoms with van der Waals surface area (Å²) in [7, 11) is 0. The summed E-state index contributed by atoms with van der Waals surface area (Å²) in [6, 6.07) is 7.71. The molecule has 1 fully saturated rings. The van der Waals surface area contributed by atoms with Crippen LogP contribution in [0, 0.1) is 20.2 Å². The van der Waals surface area contributed by atoms with Crippen molar-refractivity contribution in [2.75, 3.05) is 19.6 Å². The van der Waals surface area contributed by atoms with Gasteiger partial charge in [-0.2, -0.15) is 0 Å². The van der Waals surface area contributed by atoms with Crippen LogP contribution in [0.3, 0.4) is 0 Å². The maximum absolute atomic E-state index is 13.0. The van der Waals surface area contributed by atoms with E-state index in [1.54, 1.807) is 0 Å². The van der Waals surface area contributed by atoms with Crippen LogP contribution in [0.5, 0.6) is 11.5 Å². The number of nitro benzene ring substituents is 2. The van der Waals surface area contributed by atoms with Crippen molar-refractivity contribution in [2.45, 2.75) is 6.92 Å². The number of Topliss-reactive ketones (excluding diaryl/α,β-unsaturated/α-hetero) is 1. The van der Waals surface area contributed by atoms with Crippen LogP contribution in [0.1, 0.15) is 18.1 Å². The fourth-order valence-electron chi connectivity index (χ4n) is 3.29. The number of likely N-dealkylation sites (tertiary alicyclic amines) is 1. The second-order valence-electron chi connectivity index (χ2n) is 6.98. The Morgan fingerprint density at radius 2 is 1.32 bits per heavy atom. The molecular formula is C21H19N3O7. The van der Waals surface area contributed by atoms with Gasteiger partial charge < -0.3 is 10.2 Å². The Kier molecular flexibility index (Phi) is 6.12. The van der Waals surface area contributed by atoms with Gasteiger partial charge in [-0.1, -0.05) is 19.1 Å². The number of likely N-dealkylation sites (N-methyl/N-ethyl adjacent to an activating group) is 1. The monoisotopic (exact) mass is 425 g/mol. The minimum atomic E-state index is -0.707. The molecule has 2 N–H and O–H groups in total. The molecule has 2 aromatic carbocycles. The van der Waals surface area contributed by atoms with Gasteiger partial charge in [0.25, 0.3) is 0 Å². The van der Waals surface area contributed by atoms with Crippen molar-refractivity contribution in [3.05, 3.63) is 78.9 Å². The lowest BCUT2D eigenvalue weighted by Crippen LogP contribution is -2.37. The number of aromatic hydroxyl groups is 2. The standard InChI is InChI=1S/C21H19N3O7/c1-2-22-11-15(7-13-3-5-19(25)17(9-13)23(28)29)21(27)16(12-22)8-14-4-6-20(26)18(10-14)24(30)31/h3-10,25-26H,2,11-12H2,1H3/b15-7-,16-8+. The summed E-state index contributed by atoms with van der Waals surface area (Å²) in [4.78, 5) is 35.7. The SMILES string of the molecule is CCN1C/C(=C/c2ccc(O)c([N+](=O)[O-])c2)C(=O)/C(=C/c2ccc(O)c([N+](=O)[O-])c2)C1. The molecule has 3 rings (SSSR count). The summed E-state index contributed by atoms with van der Waals surface area (Å²) in [5, 5.41) is 41.4. The van der Waals surface area contributed by atoms with E-state index in [1.807, 2.05) is 11.8 Å². The fourth-order valence-corrected chi connectivity index (χ4v) is 3.29. The zero-order valence-corrected chi connectivity index (χ0v) is 16.5. The summed E-state index contributed by atoms with van der Waals surface area (Å²) in [6.45, 7) is 3.21. The van der Waals surface area contributed by atoms with E-state index < -0.39 is 32.7 Å². The number of benzene rings is 2. The first-order valence-corrected chi connectivity index (χ1v) is 9.32. The second kappa shape index (κ2) is 8.76. The Morgan fingerprint density at radius 1 is 0.903 bits per heavy atom. The fraction of sp³-hybridized carbons (Fsp3) is 0.190. The Hall–Kier alpha value is -4.05. The molecule has 160 valence electrons. The van der Waals surface area contributed by atoms with E-state index in [-0.39, 0.29) is 5.78 Å². The van der Waals surface area contributed by atoms with Crippen LogP contribution in [0.4, 0.5) is 11.4 Å². The molecule has 1 aliphatic heterocycles. The van der Waals surface area contributed by atoms with Crippen LogP contribution in [0.15, 0.2) is 47.5 Å². The van der Waals surface area contributed by atoms with Crippen molar-refractivity contribution in [2.24, 2.45) is 0 Å². The first-order chi connectivity index (χ1) is 14.7. The van der Waals surface area contributed by atoms with E-state index in [0.717, 1.165) is 0 Å².